The maximum Gasteiger partial charge on any atom is 0.306 e. The summed E-state index contributed by atoms with van der Waals surface area (Å²) in [5.41, 5.74) is 2.29. The number of ketones is 1. The maximum atomic E-state index is 12.6. The van der Waals surface area contributed by atoms with E-state index in [9.17, 15) is 9.59 Å². The number of para-hydroxylation sites is 1. The van der Waals surface area contributed by atoms with Gasteiger partial charge < -0.3 is 14.0 Å². The van der Waals surface area contributed by atoms with E-state index in [0.717, 1.165) is 16.5 Å². The van der Waals surface area contributed by atoms with Crippen molar-refractivity contribution >= 4 is 34.3 Å². The van der Waals surface area contributed by atoms with Crippen molar-refractivity contribution in [1.82, 2.24) is 4.57 Å². The Labute approximate surface area is 185 Å². The Morgan fingerprint density at radius 1 is 1.19 bits per heavy atom. The molecular weight excluding hydrogens is 416 g/mol. The van der Waals surface area contributed by atoms with Gasteiger partial charge in [-0.1, -0.05) is 29.8 Å². The molecule has 0 spiro atoms. The average Bonchev–Trinajstić information content (AvgIpc) is 3.15. The third-order valence-electron chi connectivity index (χ3n) is 4.84. The third kappa shape index (κ3) is 5.87. The number of fused-ring (bicyclic) bond motifs is 1. The number of hydrogen-bond acceptors (Lipinski definition) is 5. The first kappa shape index (κ1) is 22.4. The van der Waals surface area contributed by atoms with Crippen molar-refractivity contribution in [3.05, 3.63) is 64.8 Å². The number of esters is 1. The molecule has 0 fully saturated rings. The van der Waals surface area contributed by atoms with Crippen LogP contribution < -0.4 is 4.74 Å². The number of carbonyl (C=O) groups is 2. The van der Waals surface area contributed by atoms with Crippen LogP contribution in [0.5, 0.6) is 5.75 Å². The van der Waals surface area contributed by atoms with Gasteiger partial charge in [-0.15, -0.1) is 0 Å². The Bertz CT molecular complexity index is 1130. The van der Waals surface area contributed by atoms with E-state index in [1.54, 1.807) is 18.3 Å². The molecule has 0 bridgehead atoms. The summed E-state index contributed by atoms with van der Waals surface area (Å²) in [6, 6.07) is 15.0. The standard InChI is InChI=1S/C24H23ClN2O4/c1-17-14-18(9-10-21(17)25)30-13-4-8-24(29)31-16-23(28)20-15-27(12-5-11-26)22-7-3-2-6-19(20)22/h2-3,6-7,9-10,14-15H,4-5,8,12-13,16H2,1H3. The van der Waals surface area contributed by atoms with Crippen LogP contribution in [0.2, 0.25) is 5.02 Å². The molecule has 2 aromatic carbocycles. The fourth-order valence-corrected chi connectivity index (χ4v) is 3.35. The second-order valence-electron chi connectivity index (χ2n) is 7.11. The minimum absolute atomic E-state index is 0.157. The summed E-state index contributed by atoms with van der Waals surface area (Å²) in [4.78, 5) is 24.6. The number of ether oxygens (including phenoxy) is 2. The van der Waals surface area contributed by atoms with Gasteiger partial charge in [0.25, 0.3) is 0 Å². The molecule has 160 valence electrons. The minimum Gasteiger partial charge on any atom is -0.494 e. The minimum atomic E-state index is -0.447. The van der Waals surface area contributed by atoms with E-state index < -0.39 is 5.97 Å². The normalized spacial score (nSPS) is 10.6. The van der Waals surface area contributed by atoms with E-state index in [-0.39, 0.29) is 18.8 Å². The molecule has 3 rings (SSSR count). The van der Waals surface area contributed by atoms with Crippen LogP contribution in [-0.2, 0) is 16.1 Å². The number of nitrogens with zero attached hydrogens (tertiary/aromatic N) is 2. The molecule has 0 saturated carbocycles. The van der Waals surface area contributed by atoms with Crippen molar-refractivity contribution < 1.29 is 19.1 Å². The van der Waals surface area contributed by atoms with Gasteiger partial charge in [0, 0.05) is 40.7 Å². The first-order valence-electron chi connectivity index (χ1n) is 10.0. The summed E-state index contributed by atoms with van der Waals surface area (Å²) in [5.74, 6) is -0.0242. The molecule has 1 aromatic heterocycles. The number of aromatic nitrogens is 1. The van der Waals surface area contributed by atoms with Crippen molar-refractivity contribution in [1.29, 1.82) is 5.26 Å². The van der Waals surface area contributed by atoms with Gasteiger partial charge in [0.15, 0.2) is 6.61 Å². The summed E-state index contributed by atoms with van der Waals surface area (Å²) < 4.78 is 12.7. The highest BCUT2D eigenvalue weighted by atomic mass is 35.5. The average molecular weight is 439 g/mol. The van der Waals surface area contributed by atoms with E-state index in [2.05, 4.69) is 6.07 Å². The van der Waals surface area contributed by atoms with E-state index >= 15 is 0 Å². The molecule has 0 aliphatic carbocycles. The van der Waals surface area contributed by atoms with Crippen molar-refractivity contribution in [2.24, 2.45) is 0 Å². The zero-order chi connectivity index (χ0) is 22.2. The van der Waals surface area contributed by atoms with E-state index in [1.165, 1.54) is 0 Å². The van der Waals surface area contributed by atoms with Crippen molar-refractivity contribution in [2.75, 3.05) is 13.2 Å². The number of carbonyl (C=O) groups excluding carboxylic acids is 2. The summed E-state index contributed by atoms with van der Waals surface area (Å²) in [6.07, 6.45) is 2.70. The Kier molecular flexibility index (Phi) is 7.69. The highest BCUT2D eigenvalue weighted by Crippen LogP contribution is 2.23. The van der Waals surface area contributed by atoms with E-state index in [0.29, 0.717) is 42.3 Å². The molecule has 0 saturated heterocycles. The van der Waals surface area contributed by atoms with Crippen LogP contribution in [0.25, 0.3) is 10.9 Å². The molecule has 31 heavy (non-hydrogen) atoms. The van der Waals surface area contributed by atoms with E-state index in [1.807, 2.05) is 41.8 Å². The van der Waals surface area contributed by atoms with Crippen LogP contribution in [0.15, 0.2) is 48.7 Å². The Morgan fingerprint density at radius 3 is 2.77 bits per heavy atom. The molecule has 0 amide bonds. The Morgan fingerprint density at radius 2 is 2.00 bits per heavy atom. The number of Topliss-reactive ketones (excluding diaryl/α,β-unsaturated/α-hetero) is 1. The van der Waals surface area contributed by atoms with Gasteiger partial charge in [0.05, 0.1) is 19.1 Å². The van der Waals surface area contributed by atoms with Crippen LogP contribution in [0.1, 0.15) is 35.2 Å². The van der Waals surface area contributed by atoms with Crippen LogP contribution in [-0.4, -0.2) is 29.5 Å². The fraction of sp³-hybridized carbons (Fsp3) is 0.292. The lowest BCUT2D eigenvalue weighted by Gasteiger charge is -2.08. The quantitative estimate of drug-likeness (QED) is 0.250. The highest BCUT2D eigenvalue weighted by Gasteiger charge is 2.16. The molecule has 0 radical (unpaired) electrons. The molecule has 0 atom stereocenters. The molecule has 1 heterocycles. The Balaban J connectivity index is 1.48. The zero-order valence-corrected chi connectivity index (χ0v) is 18.0. The van der Waals surface area contributed by atoms with Gasteiger partial charge >= 0.3 is 5.97 Å². The highest BCUT2D eigenvalue weighted by molar-refractivity contribution is 6.31. The smallest absolute Gasteiger partial charge is 0.306 e. The van der Waals surface area contributed by atoms with Gasteiger partial charge in [-0.25, -0.2) is 0 Å². The van der Waals surface area contributed by atoms with Crippen LogP contribution in [0.4, 0.5) is 0 Å². The van der Waals surface area contributed by atoms with Gasteiger partial charge in [-0.3, -0.25) is 9.59 Å². The van der Waals surface area contributed by atoms with Crippen LogP contribution in [0.3, 0.4) is 0 Å². The second-order valence-corrected chi connectivity index (χ2v) is 7.52. The molecule has 3 aromatic rings. The lowest BCUT2D eigenvalue weighted by molar-refractivity contribution is -0.142. The van der Waals surface area contributed by atoms with Crippen molar-refractivity contribution in [3.8, 4) is 11.8 Å². The largest absolute Gasteiger partial charge is 0.494 e. The molecule has 7 heteroatoms. The second kappa shape index (κ2) is 10.6. The summed E-state index contributed by atoms with van der Waals surface area (Å²) in [5, 5.41) is 10.3. The summed E-state index contributed by atoms with van der Waals surface area (Å²) in [7, 11) is 0. The van der Waals surface area contributed by atoms with Gasteiger partial charge in [-0.05, 0) is 43.2 Å². The van der Waals surface area contributed by atoms with Crippen LogP contribution >= 0.6 is 11.6 Å². The van der Waals surface area contributed by atoms with E-state index in [4.69, 9.17) is 26.3 Å². The number of hydrogen-bond donors (Lipinski definition) is 0. The van der Waals surface area contributed by atoms with Crippen LogP contribution in [0, 0.1) is 18.3 Å². The van der Waals surface area contributed by atoms with Gasteiger partial charge in [0.1, 0.15) is 5.75 Å². The zero-order valence-electron chi connectivity index (χ0n) is 17.3. The lowest BCUT2D eigenvalue weighted by Crippen LogP contribution is -2.14. The summed E-state index contributed by atoms with van der Waals surface area (Å²) in [6.45, 7) is 2.43. The number of nitriles is 1. The third-order valence-corrected chi connectivity index (χ3v) is 5.27. The predicted octanol–water partition coefficient (Wildman–Crippen LogP) is 5.10. The first-order valence-corrected chi connectivity index (χ1v) is 10.4. The maximum absolute atomic E-state index is 12.6. The van der Waals surface area contributed by atoms with Gasteiger partial charge in [-0.2, -0.15) is 5.26 Å². The number of benzene rings is 2. The molecule has 0 aliphatic heterocycles. The van der Waals surface area contributed by atoms with Crippen molar-refractivity contribution in [2.45, 2.75) is 32.7 Å². The van der Waals surface area contributed by atoms with Gasteiger partial charge in [0.2, 0.25) is 5.78 Å². The topological polar surface area (TPSA) is 81.3 Å². The number of aryl methyl sites for hydroxylation is 2. The Hall–Kier alpha value is -3.30. The number of halogens is 1. The SMILES string of the molecule is Cc1cc(OCCCC(=O)OCC(=O)c2cn(CCC#N)c3ccccc23)ccc1Cl. The molecule has 0 N–H and O–H groups in total. The molecule has 6 nitrogen and oxygen atoms in total. The predicted molar refractivity (Wildman–Crippen MR) is 118 cm³/mol. The fourth-order valence-electron chi connectivity index (χ4n) is 3.23. The molecule has 0 aliphatic rings. The lowest BCUT2D eigenvalue weighted by atomic mass is 10.1. The van der Waals surface area contributed by atoms with Crippen molar-refractivity contribution in [3.63, 3.8) is 0 Å². The number of rotatable bonds is 10. The monoisotopic (exact) mass is 438 g/mol. The first-order chi connectivity index (χ1) is 15.0. The molecular formula is C24H23ClN2O4. The summed E-state index contributed by atoms with van der Waals surface area (Å²) >= 11 is 5.99. The molecule has 0 unspecified atom stereocenters.